The fourth-order valence-corrected chi connectivity index (χ4v) is 4.71. The van der Waals surface area contributed by atoms with Crippen molar-refractivity contribution < 1.29 is 14.7 Å². The quantitative estimate of drug-likeness (QED) is 0.823. The van der Waals surface area contributed by atoms with E-state index in [9.17, 15) is 9.59 Å². The second kappa shape index (κ2) is 8.49. The normalized spacial score (nSPS) is 29.1. The second-order valence-corrected chi connectivity index (χ2v) is 8.01. The van der Waals surface area contributed by atoms with Crippen LogP contribution in [0.15, 0.2) is 0 Å². The Morgan fingerprint density at radius 3 is 2.40 bits per heavy atom. The van der Waals surface area contributed by atoms with E-state index in [-0.39, 0.29) is 23.8 Å². The van der Waals surface area contributed by atoms with Crippen LogP contribution in [0.4, 0.5) is 0 Å². The Morgan fingerprint density at radius 1 is 0.960 bits per heavy atom. The third-order valence-corrected chi connectivity index (χ3v) is 6.21. The first-order valence-electron chi connectivity index (χ1n) is 10.0. The zero-order valence-corrected chi connectivity index (χ0v) is 15.4. The lowest BCUT2D eigenvalue weighted by molar-refractivity contribution is -0.146. The van der Waals surface area contributed by atoms with Crippen LogP contribution in [0.25, 0.3) is 0 Å². The van der Waals surface area contributed by atoms with Gasteiger partial charge >= 0.3 is 0 Å². The first kappa shape index (κ1) is 18.6. The van der Waals surface area contributed by atoms with E-state index in [0.717, 1.165) is 38.9 Å². The minimum Gasteiger partial charge on any atom is -0.395 e. The van der Waals surface area contributed by atoms with Gasteiger partial charge in [0.05, 0.1) is 18.6 Å². The number of rotatable bonds is 4. The molecule has 0 radical (unpaired) electrons. The maximum Gasteiger partial charge on any atom is 0.236 e. The average molecular weight is 351 g/mol. The van der Waals surface area contributed by atoms with E-state index in [1.165, 1.54) is 32.1 Å². The summed E-state index contributed by atoms with van der Waals surface area (Å²) < 4.78 is 0. The number of hydrogen-bond donors (Lipinski definition) is 1. The molecule has 3 fully saturated rings. The van der Waals surface area contributed by atoms with Gasteiger partial charge in [-0.1, -0.05) is 19.3 Å². The van der Waals surface area contributed by atoms with E-state index < -0.39 is 0 Å². The highest BCUT2D eigenvalue weighted by atomic mass is 16.3. The molecule has 6 heteroatoms. The number of hydrogen-bond acceptors (Lipinski definition) is 4. The van der Waals surface area contributed by atoms with Gasteiger partial charge in [-0.3, -0.25) is 14.5 Å². The molecule has 0 aliphatic carbocycles. The van der Waals surface area contributed by atoms with Crippen LogP contribution in [0.1, 0.15) is 51.4 Å². The van der Waals surface area contributed by atoms with E-state index >= 15 is 0 Å². The minimum atomic E-state index is -0.390. The molecule has 3 heterocycles. The average Bonchev–Trinajstić information content (AvgIpc) is 3.00. The van der Waals surface area contributed by atoms with Crippen LogP contribution in [-0.2, 0) is 9.59 Å². The summed E-state index contributed by atoms with van der Waals surface area (Å²) in [4.78, 5) is 31.6. The highest BCUT2D eigenvalue weighted by Gasteiger charge is 2.49. The number of amides is 2. The maximum atomic E-state index is 12.8. The molecule has 1 spiro atoms. The van der Waals surface area contributed by atoms with Crippen molar-refractivity contribution in [3.05, 3.63) is 0 Å². The first-order chi connectivity index (χ1) is 12.1. The largest absolute Gasteiger partial charge is 0.395 e. The van der Waals surface area contributed by atoms with Crippen LogP contribution in [0.3, 0.4) is 0 Å². The van der Waals surface area contributed by atoms with Gasteiger partial charge in [0.25, 0.3) is 0 Å². The Labute approximate surface area is 151 Å². The van der Waals surface area contributed by atoms with Crippen LogP contribution >= 0.6 is 0 Å². The molecule has 1 N–H and O–H groups in total. The molecule has 142 valence electrons. The molecule has 6 nitrogen and oxygen atoms in total. The topological polar surface area (TPSA) is 64.1 Å². The Balaban J connectivity index is 1.56. The molecule has 3 aliphatic heterocycles. The van der Waals surface area contributed by atoms with E-state index in [0.29, 0.717) is 26.2 Å². The summed E-state index contributed by atoms with van der Waals surface area (Å²) in [6.07, 6.45) is 8.86. The lowest BCUT2D eigenvalue weighted by atomic mass is 9.78. The zero-order chi connectivity index (χ0) is 17.7. The molecule has 25 heavy (non-hydrogen) atoms. The summed E-state index contributed by atoms with van der Waals surface area (Å²) in [6.45, 7) is 4.99. The highest BCUT2D eigenvalue weighted by Crippen LogP contribution is 2.40. The standard InChI is InChI=1S/C19H33N3O3/c23-14-13-21-11-6-7-19(18(21)25)8-12-22(16-19)17(24)15-20-9-4-2-1-3-5-10-20/h23H,1-16H2/t19-/m1/s1. The maximum absolute atomic E-state index is 12.8. The fourth-order valence-electron chi connectivity index (χ4n) is 4.71. The van der Waals surface area contributed by atoms with Crippen molar-refractivity contribution in [2.75, 3.05) is 52.4 Å². The molecule has 3 aliphatic rings. The van der Waals surface area contributed by atoms with Crippen molar-refractivity contribution in [1.82, 2.24) is 14.7 Å². The summed E-state index contributed by atoms with van der Waals surface area (Å²) in [5, 5.41) is 9.17. The molecule has 0 bridgehead atoms. The summed E-state index contributed by atoms with van der Waals surface area (Å²) in [7, 11) is 0. The molecule has 0 unspecified atom stereocenters. The molecule has 0 saturated carbocycles. The number of likely N-dealkylation sites (tertiary alicyclic amines) is 3. The number of nitrogens with zero attached hydrogens (tertiary/aromatic N) is 3. The van der Waals surface area contributed by atoms with Gasteiger partial charge in [-0.15, -0.1) is 0 Å². The van der Waals surface area contributed by atoms with Gasteiger partial charge in [-0.05, 0) is 45.2 Å². The molecule has 3 saturated heterocycles. The van der Waals surface area contributed by atoms with Crippen LogP contribution in [0.5, 0.6) is 0 Å². The molecule has 0 aromatic carbocycles. The Morgan fingerprint density at radius 2 is 1.68 bits per heavy atom. The van der Waals surface area contributed by atoms with E-state index in [1.54, 1.807) is 4.90 Å². The monoisotopic (exact) mass is 351 g/mol. The molecule has 0 aromatic heterocycles. The van der Waals surface area contributed by atoms with Gasteiger partial charge in [0.2, 0.25) is 11.8 Å². The highest BCUT2D eigenvalue weighted by molar-refractivity contribution is 5.86. The predicted molar refractivity (Wildman–Crippen MR) is 96.1 cm³/mol. The number of β-amino-alcohol motifs (C(OH)–C–C–N with tert-alkyl or cyclic N) is 1. The van der Waals surface area contributed by atoms with Crippen LogP contribution in [0.2, 0.25) is 0 Å². The Bertz CT molecular complexity index is 475. The number of aliphatic hydroxyl groups is 1. The molecular formula is C19H33N3O3. The van der Waals surface area contributed by atoms with Crippen molar-refractivity contribution >= 4 is 11.8 Å². The van der Waals surface area contributed by atoms with Crippen molar-refractivity contribution in [2.24, 2.45) is 5.41 Å². The van der Waals surface area contributed by atoms with Gasteiger partial charge < -0.3 is 14.9 Å². The Hall–Kier alpha value is -1.14. The lowest BCUT2D eigenvalue weighted by Crippen LogP contribution is -2.51. The number of carbonyl (C=O) groups excluding carboxylic acids is 2. The number of piperidine rings is 1. The van der Waals surface area contributed by atoms with Crippen molar-refractivity contribution in [1.29, 1.82) is 0 Å². The van der Waals surface area contributed by atoms with Gasteiger partial charge in [-0.2, -0.15) is 0 Å². The first-order valence-corrected chi connectivity index (χ1v) is 10.0. The molecular weight excluding hydrogens is 318 g/mol. The van der Waals surface area contributed by atoms with Crippen LogP contribution < -0.4 is 0 Å². The fraction of sp³-hybridized carbons (Fsp3) is 0.895. The van der Waals surface area contributed by atoms with Crippen molar-refractivity contribution in [3.63, 3.8) is 0 Å². The van der Waals surface area contributed by atoms with Gasteiger partial charge in [0.1, 0.15) is 0 Å². The van der Waals surface area contributed by atoms with Crippen LogP contribution in [0, 0.1) is 5.41 Å². The summed E-state index contributed by atoms with van der Waals surface area (Å²) in [5.41, 5.74) is -0.390. The van der Waals surface area contributed by atoms with E-state index in [1.807, 2.05) is 4.90 Å². The Kier molecular flexibility index (Phi) is 6.34. The molecule has 2 amide bonds. The molecule has 0 aromatic rings. The van der Waals surface area contributed by atoms with E-state index in [2.05, 4.69) is 4.90 Å². The third kappa shape index (κ3) is 4.34. The van der Waals surface area contributed by atoms with Crippen LogP contribution in [-0.4, -0.2) is 84.0 Å². The SMILES string of the molecule is O=C(CN1CCCCCCC1)N1CC[C@]2(CCCN(CCO)C2=O)C1. The van der Waals surface area contributed by atoms with E-state index in [4.69, 9.17) is 5.11 Å². The van der Waals surface area contributed by atoms with Gasteiger partial charge in [0, 0.05) is 26.2 Å². The summed E-state index contributed by atoms with van der Waals surface area (Å²) in [6, 6.07) is 0. The van der Waals surface area contributed by atoms with Crippen molar-refractivity contribution in [3.8, 4) is 0 Å². The van der Waals surface area contributed by atoms with Gasteiger partial charge in [-0.25, -0.2) is 0 Å². The smallest absolute Gasteiger partial charge is 0.236 e. The second-order valence-electron chi connectivity index (χ2n) is 8.01. The third-order valence-electron chi connectivity index (χ3n) is 6.21. The molecule has 3 rings (SSSR count). The number of aliphatic hydroxyl groups excluding tert-OH is 1. The number of carbonyl (C=O) groups is 2. The summed E-state index contributed by atoms with van der Waals surface area (Å²) in [5.74, 6) is 0.332. The lowest BCUT2D eigenvalue weighted by Gasteiger charge is -2.39. The van der Waals surface area contributed by atoms with Gasteiger partial charge in [0.15, 0.2) is 0 Å². The van der Waals surface area contributed by atoms with Crippen molar-refractivity contribution in [2.45, 2.75) is 51.4 Å². The summed E-state index contributed by atoms with van der Waals surface area (Å²) >= 11 is 0. The minimum absolute atomic E-state index is 0.0133. The predicted octanol–water partition coefficient (Wildman–Crippen LogP) is 1.09. The molecule has 1 atom stereocenters. The zero-order valence-electron chi connectivity index (χ0n) is 15.4.